The Morgan fingerprint density at radius 3 is 2.74 bits per heavy atom. The van der Waals surface area contributed by atoms with Crippen LogP contribution in [0.25, 0.3) is 0 Å². The molecular weight excluding hydrogens is 240 g/mol. The fourth-order valence-electron chi connectivity index (χ4n) is 2.41. The zero-order chi connectivity index (χ0) is 13.5. The van der Waals surface area contributed by atoms with Gasteiger partial charge < -0.3 is 15.1 Å². The van der Waals surface area contributed by atoms with Gasteiger partial charge in [0.1, 0.15) is 0 Å². The molecule has 108 valence electrons. The average molecular weight is 266 g/mol. The maximum atomic E-state index is 4.13. The van der Waals surface area contributed by atoms with Crippen LogP contribution >= 0.6 is 0 Å². The number of aromatic nitrogens is 3. The molecule has 6 heteroatoms. The quantitative estimate of drug-likeness (QED) is 0.719. The van der Waals surface area contributed by atoms with Gasteiger partial charge in [0.05, 0.1) is 12.2 Å². The van der Waals surface area contributed by atoms with Crippen molar-refractivity contribution in [1.29, 1.82) is 0 Å². The van der Waals surface area contributed by atoms with Crippen molar-refractivity contribution in [2.45, 2.75) is 25.9 Å². The lowest BCUT2D eigenvalue weighted by atomic mass is 10.4. The van der Waals surface area contributed by atoms with Crippen LogP contribution < -0.4 is 5.32 Å². The summed E-state index contributed by atoms with van der Waals surface area (Å²) in [5.41, 5.74) is 1.00. The summed E-state index contributed by atoms with van der Waals surface area (Å²) in [7, 11) is 4.10. The molecule has 0 amide bonds. The van der Waals surface area contributed by atoms with Gasteiger partial charge in [0, 0.05) is 32.4 Å². The van der Waals surface area contributed by atoms with E-state index in [1.165, 1.54) is 32.5 Å². The Kier molecular flexibility index (Phi) is 5.75. The van der Waals surface area contributed by atoms with Crippen LogP contribution in [0.4, 0.5) is 0 Å². The van der Waals surface area contributed by atoms with E-state index in [1.54, 1.807) is 0 Å². The van der Waals surface area contributed by atoms with Gasteiger partial charge in [-0.25, -0.2) is 0 Å². The lowest BCUT2D eigenvalue weighted by molar-refractivity contribution is 0.248. The van der Waals surface area contributed by atoms with E-state index in [0.29, 0.717) is 0 Å². The van der Waals surface area contributed by atoms with Gasteiger partial charge in [-0.05, 0) is 40.0 Å². The zero-order valence-corrected chi connectivity index (χ0v) is 12.2. The van der Waals surface area contributed by atoms with Crippen LogP contribution in [0.1, 0.15) is 18.5 Å². The first-order valence-electron chi connectivity index (χ1n) is 7.22. The smallest absolute Gasteiger partial charge is 0.0964 e. The Morgan fingerprint density at radius 2 is 2.00 bits per heavy atom. The fourth-order valence-corrected chi connectivity index (χ4v) is 2.41. The van der Waals surface area contributed by atoms with Crippen molar-refractivity contribution in [2.24, 2.45) is 0 Å². The highest BCUT2D eigenvalue weighted by molar-refractivity contribution is 4.91. The number of hydrogen-bond acceptors (Lipinski definition) is 5. The second-order valence-electron chi connectivity index (χ2n) is 5.36. The highest BCUT2D eigenvalue weighted by Crippen LogP contribution is 2.06. The summed E-state index contributed by atoms with van der Waals surface area (Å²) in [5.74, 6) is 0. The normalized spacial score (nSPS) is 16.6. The molecular formula is C13H26N6. The van der Waals surface area contributed by atoms with Gasteiger partial charge >= 0.3 is 0 Å². The zero-order valence-electron chi connectivity index (χ0n) is 12.2. The predicted octanol–water partition coefficient (Wildman–Crippen LogP) is 0.0251. The number of rotatable bonds is 8. The molecule has 1 aliphatic rings. The minimum absolute atomic E-state index is 0.783. The minimum Gasteiger partial charge on any atom is -0.314 e. The monoisotopic (exact) mass is 266 g/mol. The molecule has 0 aliphatic carbocycles. The third kappa shape index (κ3) is 4.89. The van der Waals surface area contributed by atoms with Crippen LogP contribution in [0.5, 0.6) is 0 Å². The van der Waals surface area contributed by atoms with Crippen molar-refractivity contribution in [1.82, 2.24) is 30.1 Å². The Labute approximate surface area is 115 Å². The van der Waals surface area contributed by atoms with Gasteiger partial charge in [-0.15, -0.1) is 5.10 Å². The first-order valence-corrected chi connectivity index (χ1v) is 7.22. The summed E-state index contributed by atoms with van der Waals surface area (Å²) in [4.78, 5) is 4.93. The highest BCUT2D eigenvalue weighted by atomic mass is 15.4. The molecule has 0 saturated carbocycles. The maximum Gasteiger partial charge on any atom is 0.0964 e. The van der Waals surface area contributed by atoms with Crippen molar-refractivity contribution < 1.29 is 0 Å². The molecule has 6 nitrogen and oxygen atoms in total. The molecule has 1 fully saturated rings. The summed E-state index contributed by atoms with van der Waals surface area (Å²) in [6, 6.07) is 0. The Balaban J connectivity index is 1.62. The lowest BCUT2D eigenvalue weighted by Crippen LogP contribution is -2.33. The van der Waals surface area contributed by atoms with Gasteiger partial charge in [0.25, 0.3) is 0 Å². The van der Waals surface area contributed by atoms with Gasteiger partial charge in [0.15, 0.2) is 0 Å². The molecule has 1 aliphatic heterocycles. The minimum atomic E-state index is 0.783. The van der Waals surface area contributed by atoms with Crippen LogP contribution in [0.15, 0.2) is 6.20 Å². The highest BCUT2D eigenvalue weighted by Gasteiger charge is 2.11. The number of hydrogen-bond donors (Lipinski definition) is 1. The van der Waals surface area contributed by atoms with E-state index >= 15 is 0 Å². The summed E-state index contributed by atoms with van der Waals surface area (Å²) < 4.78 is 1.93. The standard InChI is InChI=1S/C13H26N6/c1-14-11-13-12-19(16-15-13)10-8-17(2)7-9-18-5-3-4-6-18/h12,14H,3-11H2,1-2H3. The van der Waals surface area contributed by atoms with Gasteiger partial charge in [-0.1, -0.05) is 5.21 Å². The molecule has 0 atom stereocenters. The van der Waals surface area contributed by atoms with Crippen LogP contribution in [0.2, 0.25) is 0 Å². The predicted molar refractivity (Wildman–Crippen MR) is 76.0 cm³/mol. The van der Waals surface area contributed by atoms with Crippen molar-refractivity contribution in [2.75, 3.05) is 46.8 Å². The van der Waals surface area contributed by atoms with Crippen LogP contribution in [0, 0.1) is 0 Å². The van der Waals surface area contributed by atoms with Gasteiger partial charge in [0.2, 0.25) is 0 Å². The van der Waals surface area contributed by atoms with Crippen LogP contribution in [-0.2, 0) is 13.1 Å². The van der Waals surface area contributed by atoms with E-state index in [2.05, 4.69) is 32.5 Å². The molecule has 1 aromatic rings. The number of nitrogens with one attached hydrogen (secondary N) is 1. The number of nitrogens with zero attached hydrogens (tertiary/aromatic N) is 5. The average Bonchev–Trinajstić information content (AvgIpc) is 3.05. The largest absolute Gasteiger partial charge is 0.314 e. The summed E-state index contributed by atoms with van der Waals surface area (Å²) in [6.45, 7) is 7.61. The molecule has 19 heavy (non-hydrogen) atoms. The van der Waals surface area contributed by atoms with Crippen molar-refractivity contribution in [3.63, 3.8) is 0 Å². The molecule has 0 spiro atoms. The molecule has 0 aromatic carbocycles. The second-order valence-corrected chi connectivity index (χ2v) is 5.36. The van der Waals surface area contributed by atoms with E-state index in [1.807, 2.05) is 17.9 Å². The molecule has 2 heterocycles. The first-order chi connectivity index (χ1) is 9.28. The van der Waals surface area contributed by atoms with Crippen LogP contribution in [-0.4, -0.2) is 71.6 Å². The fraction of sp³-hybridized carbons (Fsp3) is 0.846. The molecule has 1 N–H and O–H groups in total. The molecule has 0 radical (unpaired) electrons. The Hall–Kier alpha value is -0.980. The molecule has 0 bridgehead atoms. The lowest BCUT2D eigenvalue weighted by Gasteiger charge is -2.21. The Morgan fingerprint density at radius 1 is 1.26 bits per heavy atom. The van der Waals surface area contributed by atoms with Crippen molar-refractivity contribution >= 4 is 0 Å². The first kappa shape index (κ1) is 14.4. The number of likely N-dealkylation sites (tertiary alicyclic amines) is 1. The molecule has 1 aromatic heterocycles. The molecule has 1 saturated heterocycles. The summed E-state index contributed by atoms with van der Waals surface area (Å²) in [5, 5.41) is 11.3. The van der Waals surface area contributed by atoms with Crippen molar-refractivity contribution in [3.8, 4) is 0 Å². The summed E-state index contributed by atoms with van der Waals surface area (Å²) in [6.07, 6.45) is 4.76. The Bertz CT molecular complexity index is 358. The third-order valence-electron chi connectivity index (χ3n) is 3.65. The second kappa shape index (κ2) is 7.57. The molecule has 2 rings (SSSR count). The molecule has 0 unspecified atom stereocenters. The van der Waals surface area contributed by atoms with E-state index < -0.39 is 0 Å². The third-order valence-corrected chi connectivity index (χ3v) is 3.65. The van der Waals surface area contributed by atoms with E-state index in [9.17, 15) is 0 Å². The van der Waals surface area contributed by atoms with E-state index in [4.69, 9.17) is 0 Å². The number of likely N-dealkylation sites (N-methyl/N-ethyl adjacent to an activating group) is 1. The van der Waals surface area contributed by atoms with Gasteiger partial charge in [-0.3, -0.25) is 4.68 Å². The topological polar surface area (TPSA) is 49.2 Å². The van der Waals surface area contributed by atoms with Gasteiger partial charge in [-0.2, -0.15) is 0 Å². The van der Waals surface area contributed by atoms with E-state index in [0.717, 1.165) is 31.9 Å². The summed E-state index contributed by atoms with van der Waals surface area (Å²) >= 11 is 0. The van der Waals surface area contributed by atoms with Crippen molar-refractivity contribution in [3.05, 3.63) is 11.9 Å². The van der Waals surface area contributed by atoms with Crippen LogP contribution in [0.3, 0.4) is 0 Å². The van der Waals surface area contributed by atoms with E-state index in [-0.39, 0.29) is 0 Å². The maximum absolute atomic E-state index is 4.13. The SMILES string of the molecule is CNCc1cn(CCN(C)CCN2CCCC2)nn1.